The molecule has 1 fully saturated rings. The smallest absolute Gasteiger partial charge is 0.303 e. The third kappa shape index (κ3) is 12.0. The molecule has 0 aromatic heterocycles. The molecule has 2 rings (SSSR count). The van der Waals surface area contributed by atoms with Gasteiger partial charge in [-0.15, -0.1) is 0 Å². The van der Waals surface area contributed by atoms with Gasteiger partial charge in [-0.05, 0) is 30.9 Å². The summed E-state index contributed by atoms with van der Waals surface area (Å²) in [4.78, 5) is 35.6. The highest BCUT2D eigenvalue weighted by Gasteiger charge is 2.52. The van der Waals surface area contributed by atoms with Gasteiger partial charge in [-0.2, -0.15) is 8.42 Å². The number of aliphatic hydroxyl groups excluding tert-OH is 1. The summed E-state index contributed by atoms with van der Waals surface area (Å²) in [6.07, 6.45) is -5.34. The first-order valence-corrected chi connectivity index (χ1v) is 14.1. The van der Waals surface area contributed by atoms with Gasteiger partial charge in [-0.3, -0.25) is 18.6 Å². The maximum Gasteiger partial charge on any atom is 0.303 e. The van der Waals surface area contributed by atoms with E-state index in [1.165, 1.54) is 6.92 Å². The first-order valence-electron chi connectivity index (χ1n) is 12.3. The zero-order chi connectivity index (χ0) is 29.2. The van der Waals surface area contributed by atoms with Gasteiger partial charge in [0.15, 0.2) is 30.9 Å². The number of carbonyl (C=O) groups excluding carboxylic acids is 3. The summed E-state index contributed by atoms with van der Waals surface area (Å²) in [6.45, 7) is 4.75. The van der Waals surface area contributed by atoms with E-state index < -0.39 is 65.0 Å². The van der Waals surface area contributed by atoms with E-state index in [0.29, 0.717) is 12.8 Å². The Bertz CT molecular complexity index is 1050. The molecule has 1 aliphatic rings. The molecule has 0 spiro atoms. The van der Waals surface area contributed by atoms with E-state index in [9.17, 15) is 27.9 Å². The minimum Gasteiger partial charge on any atom is -0.456 e. The minimum atomic E-state index is -3.50. The molecule has 1 aliphatic heterocycles. The Kier molecular flexibility index (Phi) is 12.7. The molecule has 14 heteroatoms. The van der Waals surface area contributed by atoms with Gasteiger partial charge in [0.05, 0.1) is 26.1 Å². The zero-order valence-electron chi connectivity index (χ0n) is 22.6. The zero-order valence-corrected chi connectivity index (χ0v) is 23.4. The van der Waals surface area contributed by atoms with Gasteiger partial charge < -0.3 is 33.5 Å². The molecule has 1 aromatic rings. The lowest BCUT2D eigenvalue weighted by atomic mass is 9.98. The second kappa shape index (κ2) is 15.2. The van der Waals surface area contributed by atoms with Crippen LogP contribution in [-0.2, 0) is 69.9 Å². The van der Waals surface area contributed by atoms with E-state index in [1.54, 1.807) is 0 Å². The van der Waals surface area contributed by atoms with Crippen LogP contribution < -0.4 is 0 Å². The van der Waals surface area contributed by atoms with Crippen molar-refractivity contribution < 1.29 is 60.5 Å². The number of benzene rings is 1. The molecule has 39 heavy (non-hydrogen) atoms. The monoisotopic (exact) mass is 576 g/mol. The fourth-order valence-electron chi connectivity index (χ4n) is 3.83. The molecule has 1 saturated heterocycles. The average molecular weight is 577 g/mol. The molecule has 0 saturated carbocycles. The first-order chi connectivity index (χ1) is 18.2. The minimum absolute atomic E-state index is 0.0373. The van der Waals surface area contributed by atoms with Crippen LogP contribution in [0.4, 0.5) is 0 Å². The third-order valence-electron chi connectivity index (χ3n) is 5.38. The molecule has 0 bridgehead atoms. The van der Waals surface area contributed by atoms with Crippen LogP contribution in [0.1, 0.15) is 38.8 Å². The van der Waals surface area contributed by atoms with Crippen molar-refractivity contribution >= 4 is 28.0 Å². The Hall–Kier alpha value is -2.62. The summed E-state index contributed by atoms with van der Waals surface area (Å²) in [5.74, 6) is -2.12. The van der Waals surface area contributed by atoms with Gasteiger partial charge in [-0.25, -0.2) is 0 Å². The third-order valence-corrected chi connectivity index (χ3v) is 5.98. The van der Waals surface area contributed by atoms with E-state index in [2.05, 4.69) is 0 Å². The van der Waals surface area contributed by atoms with Gasteiger partial charge in [0.25, 0.3) is 10.1 Å². The summed E-state index contributed by atoms with van der Waals surface area (Å²) in [5.41, 5.74) is 1.78. The molecular weight excluding hydrogens is 540 g/mol. The van der Waals surface area contributed by atoms with Crippen LogP contribution in [-0.4, -0.2) is 94.5 Å². The Labute approximate surface area is 227 Å². The number of rotatable bonds is 14. The number of carbonyl (C=O) groups is 3. The van der Waals surface area contributed by atoms with Crippen molar-refractivity contribution in [1.29, 1.82) is 0 Å². The Morgan fingerprint density at radius 1 is 0.872 bits per heavy atom. The summed E-state index contributed by atoms with van der Waals surface area (Å²) in [6, 6.07) is 7.37. The summed E-state index contributed by atoms with van der Waals surface area (Å²) in [5, 5.41) is 9.56. The fourth-order valence-corrected chi connectivity index (χ4v) is 4.22. The number of esters is 3. The van der Waals surface area contributed by atoms with Crippen LogP contribution in [0.2, 0.25) is 0 Å². The number of aliphatic hydroxyl groups is 1. The first kappa shape index (κ1) is 32.6. The molecule has 220 valence electrons. The Morgan fingerprint density at radius 2 is 1.36 bits per heavy atom. The van der Waals surface area contributed by atoms with Gasteiger partial charge in [0.2, 0.25) is 0 Å². The maximum absolute atomic E-state index is 11.9. The van der Waals surface area contributed by atoms with E-state index in [-0.39, 0.29) is 19.8 Å². The standard InChI is InChI=1S/C25H36O13S/c1-15(26)33-14-21-22(35-16(2)27)23(36-17(3)28)24(37-18(4)29)25(38-21)32-12-10-19-6-8-20(9-7-19)11-13-34-39(5,30)31/h6-9,15,21-26H,10-14H2,1-5H3/t15?,21-,22-,23+,24-,25-/m1/s1. The Balaban J connectivity index is 2.14. The molecular formula is C25H36O13S. The van der Waals surface area contributed by atoms with Crippen LogP contribution in [0.3, 0.4) is 0 Å². The lowest BCUT2D eigenvalue weighted by Gasteiger charge is -2.44. The van der Waals surface area contributed by atoms with E-state index in [4.69, 9.17) is 32.6 Å². The molecule has 1 N–H and O–H groups in total. The highest BCUT2D eigenvalue weighted by molar-refractivity contribution is 7.85. The summed E-state index contributed by atoms with van der Waals surface area (Å²) >= 11 is 0. The fraction of sp³-hybridized carbons (Fsp3) is 0.640. The van der Waals surface area contributed by atoms with Crippen LogP contribution >= 0.6 is 0 Å². The average Bonchev–Trinajstić information content (AvgIpc) is 2.80. The normalized spacial score (nSPS) is 24.0. The maximum atomic E-state index is 11.9. The second-order valence-electron chi connectivity index (χ2n) is 8.91. The predicted molar refractivity (Wildman–Crippen MR) is 134 cm³/mol. The lowest BCUT2D eigenvalue weighted by Crippen LogP contribution is -2.63. The molecule has 6 atom stereocenters. The van der Waals surface area contributed by atoms with E-state index >= 15 is 0 Å². The summed E-state index contributed by atoms with van der Waals surface area (Å²) < 4.78 is 60.1. The summed E-state index contributed by atoms with van der Waals surface area (Å²) in [7, 11) is -3.50. The van der Waals surface area contributed by atoms with Crippen molar-refractivity contribution in [2.24, 2.45) is 0 Å². The largest absolute Gasteiger partial charge is 0.456 e. The highest BCUT2D eigenvalue weighted by atomic mass is 32.2. The SMILES string of the molecule is CC(=O)O[C@@H]1[C@@H](OC(C)=O)[C@H](OCCc2ccc(CCOS(C)(=O)=O)cc2)O[C@H](COC(C)O)[C@H]1OC(C)=O. The predicted octanol–water partition coefficient (Wildman–Crippen LogP) is 0.639. The number of hydrogen-bond acceptors (Lipinski definition) is 13. The second-order valence-corrected chi connectivity index (χ2v) is 10.6. The van der Waals surface area contributed by atoms with Gasteiger partial charge >= 0.3 is 17.9 Å². The van der Waals surface area contributed by atoms with Crippen molar-refractivity contribution in [2.75, 3.05) is 26.1 Å². The number of ether oxygens (including phenoxy) is 6. The molecule has 13 nitrogen and oxygen atoms in total. The van der Waals surface area contributed by atoms with Crippen molar-refractivity contribution in [1.82, 2.24) is 0 Å². The van der Waals surface area contributed by atoms with Crippen LogP contribution in [0, 0.1) is 0 Å². The van der Waals surface area contributed by atoms with Gasteiger partial charge in [0.1, 0.15) is 6.10 Å². The van der Waals surface area contributed by atoms with Crippen LogP contribution in [0.15, 0.2) is 24.3 Å². The topological polar surface area (TPSA) is 170 Å². The molecule has 1 heterocycles. The van der Waals surface area contributed by atoms with Crippen molar-refractivity contribution in [3.8, 4) is 0 Å². The van der Waals surface area contributed by atoms with E-state index in [0.717, 1.165) is 38.2 Å². The molecule has 1 unspecified atom stereocenters. The molecule has 1 aromatic carbocycles. The lowest BCUT2D eigenvalue weighted by molar-refractivity contribution is -0.312. The number of hydrogen-bond donors (Lipinski definition) is 1. The molecule has 0 amide bonds. The molecule has 0 radical (unpaired) electrons. The van der Waals surface area contributed by atoms with Gasteiger partial charge in [0, 0.05) is 20.8 Å². The quantitative estimate of drug-likeness (QED) is 0.142. The Morgan fingerprint density at radius 3 is 1.85 bits per heavy atom. The molecule has 0 aliphatic carbocycles. The van der Waals surface area contributed by atoms with Gasteiger partial charge in [-0.1, -0.05) is 24.3 Å². The highest BCUT2D eigenvalue weighted by Crippen LogP contribution is 2.30. The van der Waals surface area contributed by atoms with Crippen molar-refractivity contribution in [2.45, 2.75) is 77.5 Å². The van der Waals surface area contributed by atoms with Crippen molar-refractivity contribution in [3.63, 3.8) is 0 Å². The van der Waals surface area contributed by atoms with Crippen LogP contribution in [0.5, 0.6) is 0 Å². The van der Waals surface area contributed by atoms with Crippen molar-refractivity contribution in [3.05, 3.63) is 35.4 Å². The van der Waals surface area contributed by atoms with E-state index in [1.807, 2.05) is 24.3 Å². The van der Waals surface area contributed by atoms with Crippen LogP contribution in [0.25, 0.3) is 0 Å².